The number of alkyl halides is 1. The fourth-order valence-electron chi connectivity index (χ4n) is 1.25. The SMILES string of the molecule is CC(=O)OC(c1ccccc1)C(Cl)C(=O)O. The quantitative estimate of drug-likeness (QED) is 0.648. The molecular formula is C11H11ClO4. The molecule has 0 spiro atoms. The molecule has 0 aliphatic rings. The van der Waals surface area contributed by atoms with Crippen molar-refractivity contribution in [3.8, 4) is 0 Å². The van der Waals surface area contributed by atoms with Crippen LogP contribution in [0, 0.1) is 0 Å². The highest BCUT2D eigenvalue weighted by atomic mass is 35.5. The molecule has 86 valence electrons. The van der Waals surface area contributed by atoms with E-state index in [9.17, 15) is 9.59 Å². The number of benzene rings is 1. The summed E-state index contributed by atoms with van der Waals surface area (Å²) < 4.78 is 4.91. The highest BCUT2D eigenvalue weighted by molar-refractivity contribution is 6.30. The van der Waals surface area contributed by atoms with Crippen LogP contribution < -0.4 is 0 Å². The largest absolute Gasteiger partial charge is 0.480 e. The third-order valence-corrected chi connectivity index (χ3v) is 2.34. The number of rotatable bonds is 4. The molecule has 0 aliphatic carbocycles. The molecule has 0 heterocycles. The van der Waals surface area contributed by atoms with E-state index < -0.39 is 23.4 Å². The lowest BCUT2D eigenvalue weighted by atomic mass is 10.1. The van der Waals surface area contributed by atoms with Crippen LogP contribution in [0.3, 0.4) is 0 Å². The van der Waals surface area contributed by atoms with Gasteiger partial charge in [0.15, 0.2) is 11.5 Å². The molecule has 1 aromatic carbocycles. The summed E-state index contributed by atoms with van der Waals surface area (Å²) in [4.78, 5) is 21.7. The van der Waals surface area contributed by atoms with E-state index >= 15 is 0 Å². The Kier molecular flexibility index (Phi) is 4.31. The van der Waals surface area contributed by atoms with Gasteiger partial charge in [-0.1, -0.05) is 30.3 Å². The molecule has 16 heavy (non-hydrogen) atoms. The number of carbonyl (C=O) groups excluding carboxylic acids is 1. The van der Waals surface area contributed by atoms with Gasteiger partial charge in [0, 0.05) is 6.92 Å². The van der Waals surface area contributed by atoms with Crippen molar-refractivity contribution in [2.45, 2.75) is 18.4 Å². The topological polar surface area (TPSA) is 63.6 Å². The highest BCUT2D eigenvalue weighted by Gasteiger charge is 2.29. The van der Waals surface area contributed by atoms with E-state index in [1.165, 1.54) is 6.92 Å². The lowest BCUT2D eigenvalue weighted by Gasteiger charge is -2.19. The Hall–Kier alpha value is -1.55. The van der Waals surface area contributed by atoms with Crippen LogP contribution in [0.2, 0.25) is 0 Å². The van der Waals surface area contributed by atoms with Crippen LogP contribution in [0.5, 0.6) is 0 Å². The Balaban J connectivity index is 2.96. The lowest BCUT2D eigenvalue weighted by molar-refractivity contribution is -0.150. The first-order valence-electron chi connectivity index (χ1n) is 4.61. The van der Waals surface area contributed by atoms with Crippen molar-refractivity contribution in [1.29, 1.82) is 0 Å². The minimum atomic E-state index is -1.30. The van der Waals surface area contributed by atoms with Crippen LogP contribution in [0.25, 0.3) is 0 Å². The molecule has 5 heteroatoms. The molecule has 0 aromatic heterocycles. The van der Waals surface area contributed by atoms with E-state index in [0.717, 1.165) is 0 Å². The maximum absolute atomic E-state index is 10.9. The number of carboxylic acids is 1. The fourth-order valence-corrected chi connectivity index (χ4v) is 1.44. The number of carboxylic acid groups (broad SMARTS) is 1. The average Bonchev–Trinajstić information content (AvgIpc) is 2.26. The zero-order valence-electron chi connectivity index (χ0n) is 8.59. The summed E-state index contributed by atoms with van der Waals surface area (Å²) in [6.45, 7) is 1.21. The van der Waals surface area contributed by atoms with Crippen molar-refractivity contribution in [2.24, 2.45) is 0 Å². The van der Waals surface area contributed by atoms with E-state index in [1.807, 2.05) is 0 Å². The average molecular weight is 243 g/mol. The Labute approximate surface area is 97.8 Å². The normalized spacial score (nSPS) is 13.9. The van der Waals surface area contributed by atoms with Crippen molar-refractivity contribution < 1.29 is 19.4 Å². The number of ether oxygens (including phenoxy) is 1. The maximum atomic E-state index is 10.9. The number of esters is 1. The number of hydrogen-bond acceptors (Lipinski definition) is 3. The Morgan fingerprint density at radius 2 is 1.88 bits per heavy atom. The van der Waals surface area contributed by atoms with Crippen LogP contribution >= 0.6 is 11.6 Å². The van der Waals surface area contributed by atoms with Crippen molar-refractivity contribution in [3.05, 3.63) is 35.9 Å². The smallest absolute Gasteiger partial charge is 0.325 e. The number of aliphatic carboxylic acids is 1. The Bertz CT molecular complexity index is 377. The van der Waals surface area contributed by atoms with Gasteiger partial charge in [0.1, 0.15) is 0 Å². The van der Waals surface area contributed by atoms with E-state index in [-0.39, 0.29) is 0 Å². The maximum Gasteiger partial charge on any atom is 0.325 e. The van der Waals surface area contributed by atoms with Crippen LogP contribution in [0.1, 0.15) is 18.6 Å². The molecule has 0 amide bonds. The van der Waals surface area contributed by atoms with Gasteiger partial charge in [-0.15, -0.1) is 11.6 Å². The first kappa shape index (κ1) is 12.5. The zero-order chi connectivity index (χ0) is 12.1. The number of halogens is 1. The summed E-state index contributed by atoms with van der Waals surface area (Å²) >= 11 is 5.68. The minimum Gasteiger partial charge on any atom is -0.480 e. The zero-order valence-corrected chi connectivity index (χ0v) is 9.35. The second-order valence-corrected chi connectivity index (χ2v) is 3.65. The van der Waals surface area contributed by atoms with Gasteiger partial charge in [-0.25, -0.2) is 0 Å². The van der Waals surface area contributed by atoms with Gasteiger partial charge in [0.25, 0.3) is 0 Å². The standard InChI is InChI=1S/C11H11ClO4/c1-7(13)16-10(9(12)11(14)15)8-5-3-2-4-6-8/h2-6,9-10H,1H3,(H,14,15). The number of carbonyl (C=O) groups is 2. The van der Waals surface area contributed by atoms with E-state index in [0.29, 0.717) is 5.56 Å². The number of hydrogen-bond donors (Lipinski definition) is 1. The second-order valence-electron chi connectivity index (χ2n) is 3.18. The van der Waals surface area contributed by atoms with Crippen molar-refractivity contribution >= 4 is 23.5 Å². The van der Waals surface area contributed by atoms with Crippen molar-refractivity contribution in [3.63, 3.8) is 0 Å². The van der Waals surface area contributed by atoms with E-state index in [2.05, 4.69) is 0 Å². The van der Waals surface area contributed by atoms with Gasteiger partial charge in [-0.3, -0.25) is 9.59 Å². The molecule has 0 radical (unpaired) electrons. The molecule has 1 aromatic rings. The molecule has 4 nitrogen and oxygen atoms in total. The summed E-state index contributed by atoms with van der Waals surface area (Å²) in [5, 5.41) is 7.50. The van der Waals surface area contributed by atoms with E-state index in [4.69, 9.17) is 21.4 Å². The van der Waals surface area contributed by atoms with E-state index in [1.54, 1.807) is 30.3 Å². The highest BCUT2D eigenvalue weighted by Crippen LogP contribution is 2.25. The van der Waals surface area contributed by atoms with Crippen LogP contribution in [0.4, 0.5) is 0 Å². The summed E-state index contributed by atoms with van der Waals surface area (Å²) in [5.41, 5.74) is 0.556. The molecule has 1 N–H and O–H groups in total. The second kappa shape index (κ2) is 5.51. The first-order valence-corrected chi connectivity index (χ1v) is 5.05. The van der Waals surface area contributed by atoms with Gasteiger partial charge < -0.3 is 9.84 Å². The molecule has 0 saturated heterocycles. The molecule has 0 bridgehead atoms. The Morgan fingerprint density at radius 1 is 1.31 bits per heavy atom. The van der Waals surface area contributed by atoms with Crippen molar-refractivity contribution in [2.75, 3.05) is 0 Å². The van der Waals surface area contributed by atoms with Gasteiger partial charge in [-0.2, -0.15) is 0 Å². The molecule has 0 saturated carbocycles. The summed E-state index contributed by atoms with van der Waals surface area (Å²) in [6.07, 6.45) is -0.974. The lowest BCUT2D eigenvalue weighted by Crippen LogP contribution is -2.26. The summed E-state index contributed by atoms with van der Waals surface area (Å²) in [6, 6.07) is 8.53. The molecular weight excluding hydrogens is 232 g/mol. The fraction of sp³-hybridized carbons (Fsp3) is 0.273. The predicted octanol–water partition coefficient (Wildman–Crippen LogP) is 1.98. The van der Waals surface area contributed by atoms with Gasteiger partial charge in [-0.05, 0) is 5.56 Å². The van der Waals surface area contributed by atoms with Crippen LogP contribution in [-0.4, -0.2) is 22.4 Å². The molecule has 1 rings (SSSR count). The summed E-state index contributed by atoms with van der Waals surface area (Å²) in [5.74, 6) is -1.79. The molecule has 2 atom stereocenters. The van der Waals surface area contributed by atoms with Crippen LogP contribution in [-0.2, 0) is 14.3 Å². The molecule has 0 aliphatic heterocycles. The van der Waals surface area contributed by atoms with Gasteiger partial charge in [0.2, 0.25) is 0 Å². The third-order valence-electron chi connectivity index (χ3n) is 1.92. The van der Waals surface area contributed by atoms with Gasteiger partial charge >= 0.3 is 11.9 Å². The van der Waals surface area contributed by atoms with Crippen molar-refractivity contribution in [1.82, 2.24) is 0 Å². The predicted molar refractivity (Wildman–Crippen MR) is 58.2 cm³/mol. The third kappa shape index (κ3) is 3.24. The molecule has 0 fully saturated rings. The Morgan fingerprint density at radius 3 is 2.31 bits per heavy atom. The minimum absolute atomic E-state index is 0.556. The van der Waals surface area contributed by atoms with Crippen LogP contribution in [0.15, 0.2) is 30.3 Å². The van der Waals surface area contributed by atoms with Gasteiger partial charge in [0.05, 0.1) is 0 Å². The summed E-state index contributed by atoms with van der Waals surface area (Å²) in [7, 11) is 0. The molecule has 2 unspecified atom stereocenters. The first-order chi connectivity index (χ1) is 7.52. The monoisotopic (exact) mass is 242 g/mol.